The number of rotatable bonds is 5. The average Bonchev–Trinajstić information content (AvgIpc) is 2.83. The zero-order chi connectivity index (χ0) is 21.4. The van der Waals surface area contributed by atoms with Crippen LogP contribution in [0.1, 0.15) is 0 Å². The van der Waals surface area contributed by atoms with Crippen LogP contribution in [0.4, 0.5) is 0 Å². The second-order valence-electron chi connectivity index (χ2n) is 5.38. The van der Waals surface area contributed by atoms with E-state index in [1.807, 2.05) is 61.3 Å². The Bertz CT molecular complexity index is 864. The van der Waals surface area contributed by atoms with Crippen molar-refractivity contribution in [3.05, 3.63) is 105 Å². The Balaban J connectivity index is 0.000000287. The van der Waals surface area contributed by atoms with Crippen LogP contribution in [0, 0.1) is 13.5 Å². The molecule has 4 aromatic rings. The average molecular weight is 633 g/mol. The molecule has 31 heavy (non-hydrogen) atoms. The summed E-state index contributed by atoms with van der Waals surface area (Å²) in [5.41, 5.74) is 0. The summed E-state index contributed by atoms with van der Waals surface area (Å²) in [5.74, 6) is 2.68. The largest absolute Gasteiger partial charge is 0.234 e. The molecular weight excluding hydrogens is 611 g/mol. The van der Waals surface area contributed by atoms with Crippen molar-refractivity contribution in [2.45, 2.75) is 0 Å². The van der Waals surface area contributed by atoms with Crippen LogP contribution in [0.2, 0.25) is 0 Å². The number of hydrogen-bond acceptors (Lipinski definition) is 6. The van der Waals surface area contributed by atoms with Gasteiger partial charge in [-0.1, -0.05) is 18.2 Å². The molecule has 0 fully saturated rings. The molecule has 0 aliphatic heterocycles. The molecule has 2 aromatic heterocycles. The second kappa shape index (κ2) is 16.3. The van der Waals surface area contributed by atoms with Crippen molar-refractivity contribution in [2.24, 2.45) is 0 Å². The molecule has 4 rings (SSSR count). The first-order chi connectivity index (χ1) is 14.8. The summed E-state index contributed by atoms with van der Waals surface area (Å²) in [6, 6.07) is 23.7. The number of nitrogens with zero attached hydrogens (tertiary/aromatic N) is 4. The summed E-state index contributed by atoms with van der Waals surface area (Å²) in [5, 5.41) is 0. The van der Waals surface area contributed by atoms with Crippen molar-refractivity contribution in [2.75, 3.05) is 6.66 Å². The zero-order valence-electron chi connectivity index (χ0n) is 17.0. The molecule has 0 saturated carbocycles. The Labute approximate surface area is 199 Å². The van der Waals surface area contributed by atoms with Crippen LogP contribution >= 0.6 is 18.0 Å². The summed E-state index contributed by atoms with van der Waals surface area (Å²) in [6.07, 6.45) is 6.66. The van der Waals surface area contributed by atoms with E-state index in [-0.39, 0.29) is 7.43 Å². The smallest absolute Gasteiger partial charge is 0.197 e. The van der Waals surface area contributed by atoms with Crippen molar-refractivity contribution in [3.8, 4) is 23.1 Å². The summed E-state index contributed by atoms with van der Waals surface area (Å²) >= 11 is 1.47. The normalized spacial score (nSPS) is 10.0. The quantitative estimate of drug-likeness (QED) is 0.208. The van der Waals surface area contributed by atoms with Gasteiger partial charge in [0.25, 0.3) is 0 Å². The second-order valence-corrected chi connectivity index (χ2v) is 6.77. The van der Waals surface area contributed by atoms with Crippen molar-refractivity contribution in [1.29, 1.82) is 0 Å². The van der Waals surface area contributed by atoms with Gasteiger partial charge < -0.3 is 16.5 Å². The van der Waals surface area contributed by atoms with Crippen LogP contribution < -0.4 is 9.05 Å². The number of aromatic nitrogens is 4. The maximum absolute atomic E-state index is 5.68. The molecule has 162 valence electrons. The number of halogens is 1. The minimum absolute atomic E-state index is 0. The van der Waals surface area contributed by atoms with Crippen LogP contribution in [0.5, 0.6) is 11.5 Å². The predicted octanol–water partition coefficient (Wildman–Crippen LogP) is 5.69. The van der Waals surface area contributed by atoms with Gasteiger partial charge in [-0.3, -0.25) is 0 Å². The maximum Gasteiger partial charge on any atom is 0.197 e. The molecule has 0 radical (unpaired) electrons. The van der Waals surface area contributed by atoms with Crippen LogP contribution in [0.3, 0.4) is 0 Å². The van der Waals surface area contributed by atoms with Crippen LogP contribution in [0.15, 0.2) is 91.5 Å². The number of hydrogen-bond donors (Lipinski definition) is 0. The Kier molecular flexibility index (Phi) is 14.0. The van der Waals surface area contributed by atoms with Crippen LogP contribution in [-0.2, 0) is 17.9 Å². The van der Waals surface area contributed by atoms with E-state index in [9.17, 15) is 0 Å². The fraction of sp³-hybridized carbons (Fsp3) is 0.0455. The van der Waals surface area contributed by atoms with Gasteiger partial charge >= 0.3 is 35.8 Å². The van der Waals surface area contributed by atoms with Gasteiger partial charge in [0, 0.05) is 24.8 Å². The summed E-state index contributed by atoms with van der Waals surface area (Å²) < 4.78 is 11.3. The van der Waals surface area contributed by atoms with E-state index < -0.39 is 8.38 Å². The van der Waals surface area contributed by atoms with E-state index in [2.05, 4.69) is 35.6 Å². The van der Waals surface area contributed by atoms with Gasteiger partial charge in [0.1, 0.15) is 6.66 Å². The van der Waals surface area contributed by atoms with Gasteiger partial charge in [-0.15, -0.1) is 12.1 Å². The Morgan fingerprint density at radius 2 is 1.26 bits per heavy atom. The molecule has 1 unspecified atom stereocenters. The molecule has 6 nitrogen and oxygen atoms in total. The van der Waals surface area contributed by atoms with E-state index in [4.69, 9.17) is 9.05 Å². The van der Waals surface area contributed by atoms with E-state index in [0.29, 0.717) is 11.6 Å². The Morgan fingerprint density at radius 1 is 0.742 bits per heavy atom. The number of benzene rings is 2. The van der Waals surface area contributed by atoms with E-state index in [1.54, 1.807) is 36.9 Å². The van der Waals surface area contributed by atoms with Crippen LogP contribution in [0.25, 0.3) is 11.6 Å². The Morgan fingerprint density at radius 3 is 1.74 bits per heavy atom. The first-order valence-corrected chi connectivity index (χ1v) is 13.5. The standard InChI is InChI=1S/C13H12O2P.C8H6N4.CH3.ClH.Ir/c1-16(14-12-8-4-2-5-9-12)15-13-10-6-3-7-11-13;1-3-9-7(10-4-1)8-11-5-2-6-12-8;;;/h2-10H,1H3;1-6H;1H3;1H;/q-1;;-1;;+3. The molecular formula is C22H22ClIrN4O2P+. The minimum Gasteiger partial charge on any atom is -0.234 e. The molecule has 1 atom stereocenters. The monoisotopic (exact) mass is 633 g/mol. The SMILES string of the molecule is C[PH+](Oc1[c-]cccc1)Oc1ccccc1.[CH3-].[Cl][Ir+2].c1cnc(-c2ncccn2)nc1. The molecule has 0 bridgehead atoms. The van der Waals surface area contributed by atoms with Crippen molar-refractivity contribution < 1.29 is 26.9 Å². The predicted molar refractivity (Wildman–Crippen MR) is 123 cm³/mol. The fourth-order valence-electron chi connectivity index (χ4n) is 2.10. The molecule has 2 aromatic carbocycles. The first-order valence-electron chi connectivity index (χ1n) is 8.69. The maximum atomic E-state index is 5.68. The van der Waals surface area contributed by atoms with Gasteiger partial charge in [-0.2, -0.15) is 18.2 Å². The summed E-state index contributed by atoms with van der Waals surface area (Å²) in [6.45, 7) is 1.96. The first kappa shape index (κ1) is 26.6. The molecule has 0 spiro atoms. The van der Waals surface area contributed by atoms with E-state index in [0.717, 1.165) is 11.5 Å². The number of para-hydroxylation sites is 2. The minimum atomic E-state index is -1.33. The molecule has 0 aliphatic rings. The fourth-order valence-corrected chi connectivity index (χ4v) is 3.05. The molecule has 2 heterocycles. The molecule has 0 amide bonds. The van der Waals surface area contributed by atoms with E-state index in [1.165, 1.54) is 17.9 Å². The van der Waals surface area contributed by atoms with Crippen molar-refractivity contribution in [1.82, 2.24) is 19.9 Å². The third-order valence-electron chi connectivity index (χ3n) is 3.27. The summed E-state index contributed by atoms with van der Waals surface area (Å²) in [4.78, 5) is 16.1. The van der Waals surface area contributed by atoms with E-state index >= 15 is 0 Å². The third-order valence-corrected chi connectivity index (χ3v) is 4.30. The topological polar surface area (TPSA) is 70.0 Å². The van der Waals surface area contributed by atoms with Gasteiger partial charge in [-0.25, -0.2) is 19.9 Å². The van der Waals surface area contributed by atoms with Gasteiger partial charge in [0.15, 0.2) is 17.4 Å². The van der Waals surface area contributed by atoms with Crippen LogP contribution in [-0.4, -0.2) is 26.6 Å². The third kappa shape index (κ3) is 10.4. The Hall–Kier alpha value is -2.43. The van der Waals surface area contributed by atoms with Crippen molar-refractivity contribution in [3.63, 3.8) is 0 Å². The van der Waals surface area contributed by atoms with Gasteiger partial charge in [-0.05, 0) is 24.3 Å². The van der Waals surface area contributed by atoms with Crippen molar-refractivity contribution >= 4 is 18.0 Å². The van der Waals surface area contributed by atoms with Gasteiger partial charge in [0.05, 0.1) is 5.75 Å². The molecule has 0 aliphatic carbocycles. The molecule has 0 N–H and O–H groups in total. The summed E-state index contributed by atoms with van der Waals surface area (Å²) in [7, 11) is 3.31. The molecule has 9 heteroatoms. The molecule has 0 saturated heterocycles. The van der Waals surface area contributed by atoms with Gasteiger partial charge in [0.2, 0.25) is 0 Å². The zero-order valence-corrected chi connectivity index (χ0v) is 21.1.